The first kappa shape index (κ1) is 12.5. The van der Waals surface area contributed by atoms with E-state index < -0.39 is 0 Å². The zero-order chi connectivity index (χ0) is 12.1. The van der Waals surface area contributed by atoms with Crippen LogP contribution in [0.3, 0.4) is 0 Å². The molecule has 1 N–H and O–H groups in total. The number of nitrogens with one attached hydrogen (secondary N) is 1. The second-order valence-corrected chi connectivity index (χ2v) is 4.87. The molecule has 0 saturated carbocycles. The van der Waals surface area contributed by atoms with Gasteiger partial charge in [-0.3, -0.25) is 4.90 Å². The Balaban J connectivity index is 1.85. The summed E-state index contributed by atoms with van der Waals surface area (Å²) in [5.74, 6) is 0.713. The Morgan fingerprint density at radius 2 is 2.41 bits per heavy atom. The van der Waals surface area contributed by atoms with E-state index in [-0.39, 0.29) is 0 Å². The SMILES string of the molecule is CCNC1CCN(Cc2ccncn2)CC1C. The molecule has 0 aliphatic carbocycles. The number of rotatable bonds is 4. The Hall–Kier alpha value is -1.00. The molecule has 2 heterocycles. The third kappa shape index (κ3) is 3.48. The van der Waals surface area contributed by atoms with Gasteiger partial charge in [0.2, 0.25) is 0 Å². The molecule has 1 aliphatic heterocycles. The van der Waals surface area contributed by atoms with Crippen molar-refractivity contribution in [2.45, 2.75) is 32.9 Å². The maximum atomic E-state index is 4.28. The van der Waals surface area contributed by atoms with E-state index in [2.05, 4.69) is 34.0 Å². The molecule has 17 heavy (non-hydrogen) atoms. The molecular formula is C13H22N4. The zero-order valence-electron chi connectivity index (χ0n) is 10.8. The van der Waals surface area contributed by atoms with E-state index in [0.717, 1.165) is 31.9 Å². The van der Waals surface area contributed by atoms with Crippen LogP contribution in [0.1, 0.15) is 26.0 Å². The van der Waals surface area contributed by atoms with Crippen LogP contribution in [-0.4, -0.2) is 40.5 Å². The highest BCUT2D eigenvalue weighted by atomic mass is 15.2. The van der Waals surface area contributed by atoms with Crippen LogP contribution in [0.15, 0.2) is 18.6 Å². The van der Waals surface area contributed by atoms with Gasteiger partial charge in [-0.25, -0.2) is 9.97 Å². The minimum atomic E-state index is 0.682. The van der Waals surface area contributed by atoms with Crippen molar-refractivity contribution in [3.8, 4) is 0 Å². The highest BCUT2D eigenvalue weighted by molar-refractivity contribution is 4.98. The van der Waals surface area contributed by atoms with Crippen molar-refractivity contribution in [1.29, 1.82) is 0 Å². The van der Waals surface area contributed by atoms with Gasteiger partial charge >= 0.3 is 0 Å². The summed E-state index contributed by atoms with van der Waals surface area (Å²) in [5.41, 5.74) is 1.12. The van der Waals surface area contributed by atoms with Gasteiger partial charge in [0.1, 0.15) is 6.33 Å². The van der Waals surface area contributed by atoms with Crippen molar-refractivity contribution >= 4 is 0 Å². The summed E-state index contributed by atoms with van der Waals surface area (Å²) in [5, 5.41) is 3.57. The quantitative estimate of drug-likeness (QED) is 0.852. The fraction of sp³-hybridized carbons (Fsp3) is 0.692. The first-order chi connectivity index (χ1) is 8.29. The van der Waals surface area contributed by atoms with Gasteiger partial charge in [-0.2, -0.15) is 0 Å². The van der Waals surface area contributed by atoms with Crippen molar-refractivity contribution in [3.05, 3.63) is 24.3 Å². The Morgan fingerprint density at radius 1 is 1.53 bits per heavy atom. The lowest BCUT2D eigenvalue weighted by Crippen LogP contribution is -2.47. The third-order valence-corrected chi connectivity index (χ3v) is 3.48. The normalized spacial score (nSPS) is 26.0. The van der Waals surface area contributed by atoms with E-state index in [0.29, 0.717) is 12.0 Å². The second kappa shape index (κ2) is 6.07. The molecule has 1 aromatic rings. The Labute approximate surface area is 103 Å². The number of hydrogen-bond acceptors (Lipinski definition) is 4. The first-order valence-corrected chi connectivity index (χ1v) is 6.50. The largest absolute Gasteiger partial charge is 0.314 e. The topological polar surface area (TPSA) is 41.0 Å². The van der Waals surface area contributed by atoms with Crippen LogP contribution in [-0.2, 0) is 6.54 Å². The molecule has 1 aromatic heterocycles. The standard InChI is InChI=1S/C13H22N4/c1-3-15-13-5-7-17(8-11(13)2)9-12-4-6-14-10-16-12/h4,6,10-11,13,15H,3,5,7-9H2,1-2H3. The maximum Gasteiger partial charge on any atom is 0.115 e. The molecule has 0 spiro atoms. The lowest BCUT2D eigenvalue weighted by molar-refractivity contribution is 0.140. The predicted octanol–water partition coefficient (Wildman–Crippen LogP) is 1.30. The van der Waals surface area contributed by atoms with Gasteiger partial charge in [0, 0.05) is 31.9 Å². The summed E-state index contributed by atoms with van der Waals surface area (Å²) < 4.78 is 0. The van der Waals surface area contributed by atoms with Crippen molar-refractivity contribution in [2.24, 2.45) is 5.92 Å². The summed E-state index contributed by atoms with van der Waals surface area (Å²) in [7, 11) is 0. The molecule has 94 valence electrons. The van der Waals surface area contributed by atoms with Crippen LogP contribution in [0.4, 0.5) is 0 Å². The van der Waals surface area contributed by atoms with Crippen LogP contribution >= 0.6 is 0 Å². The lowest BCUT2D eigenvalue weighted by Gasteiger charge is -2.37. The van der Waals surface area contributed by atoms with Crippen LogP contribution in [0.2, 0.25) is 0 Å². The molecule has 2 atom stereocenters. The van der Waals surface area contributed by atoms with Gasteiger partial charge in [-0.15, -0.1) is 0 Å². The summed E-state index contributed by atoms with van der Waals surface area (Å²) in [6.45, 7) is 8.85. The predicted molar refractivity (Wildman–Crippen MR) is 68.6 cm³/mol. The summed E-state index contributed by atoms with van der Waals surface area (Å²) in [6, 6.07) is 2.68. The molecule has 1 saturated heterocycles. The Bertz CT molecular complexity index is 327. The zero-order valence-corrected chi connectivity index (χ0v) is 10.8. The van der Waals surface area contributed by atoms with E-state index in [1.807, 2.05) is 12.3 Å². The molecule has 0 radical (unpaired) electrons. The van der Waals surface area contributed by atoms with Gasteiger partial charge in [0.25, 0.3) is 0 Å². The van der Waals surface area contributed by atoms with Crippen molar-refractivity contribution < 1.29 is 0 Å². The molecule has 4 heteroatoms. The number of piperidine rings is 1. The van der Waals surface area contributed by atoms with Crippen LogP contribution < -0.4 is 5.32 Å². The van der Waals surface area contributed by atoms with E-state index in [1.54, 1.807) is 6.33 Å². The number of likely N-dealkylation sites (tertiary alicyclic amines) is 1. The van der Waals surface area contributed by atoms with E-state index in [9.17, 15) is 0 Å². The van der Waals surface area contributed by atoms with Gasteiger partial charge in [0.05, 0.1) is 5.69 Å². The van der Waals surface area contributed by atoms with E-state index in [4.69, 9.17) is 0 Å². The van der Waals surface area contributed by atoms with E-state index >= 15 is 0 Å². The minimum Gasteiger partial charge on any atom is -0.314 e. The molecule has 0 aromatic carbocycles. The average Bonchev–Trinajstić information content (AvgIpc) is 2.34. The smallest absolute Gasteiger partial charge is 0.115 e. The molecule has 2 unspecified atom stereocenters. The van der Waals surface area contributed by atoms with Crippen LogP contribution in [0.5, 0.6) is 0 Å². The molecule has 1 fully saturated rings. The van der Waals surface area contributed by atoms with Gasteiger partial charge in [-0.05, 0) is 24.9 Å². The lowest BCUT2D eigenvalue weighted by atomic mass is 9.94. The minimum absolute atomic E-state index is 0.682. The van der Waals surface area contributed by atoms with Gasteiger partial charge in [0.15, 0.2) is 0 Å². The highest BCUT2D eigenvalue weighted by Gasteiger charge is 2.25. The van der Waals surface area contributed by atoms with Crippen molar-refractivity contribution in [2.75, 3.05) is 19.6 Å². The Morgan fingerprint density at radius 3 is 3.06 bits per heavy atom. The molecule has 0 bridgehead atoms. The molecule has 0 amide bonds. The molecule has 2 rings (SSSR count). The van der Waals surface area contributed by atoms with Gasteiger partial charge in [-0.1, -0.05) is 13.8 Å². The Kier molecular flexibility index (Phi) is 4.45. The summed E-state index contributed by atoms with van der Waals surface area (Å²) >= 11 is 0. The number of nitrogens with zero attached hydrogens (tertiary/aromatic N) is 3. The summed E-state index contributed by atoms with van der Waals surface area (Å²) in [6.07, 6.45) is 4.68. The highest BCUT2D eigenvalue weighted by Crippen LogP contribution is 2.18. The van der Waals surface area contributed by atoms with Crippen molar-refractivity contribution in [1.82, 2.24) is 20.2 Å². The fourth-order valence-corrected chi connectivity index (χ4v) is 2.58. The number of hydrogen-bond donors (Lipinski definition) is 1. The van der Waals surface area contributed by atoms with E-state index in [1.165, 1.54) is 6.42 Å². The first-order valence-electron chi connectivity index (χ1n) is 6.50. The van der Waals surface area contributed by atoms with Crippen LogP contribution in [0.25, 0.3) is 0 Å². The maximum absolute atomic E-state index is 4.28. The molecular weight excluding hydrogens is 212 g/mol. The summed E-state index contributed by atoms with van der Waals surface area (Å²) in [4.78, 5) is 10.7. The van der Waals surface area contributed by atoms with Crippen molar-refractivity contribution in [3.63, 3.8) is 0 Å². The third-order valence-electron chi connectivity index (χ3n) is 3.48. The average molecular weight is 234 g/mol. The number of aromatic nitrogens is 2. The van der Waals surface area contributed by atoms with Crippen LogP contribution in [0, 0.1) is 5.92 Å². The molecule has 4 nitrogen and oxygen atoms in total. The molecule has 1 aliphatic rings. The monoisotopic (exact) mass is 234 g/mol. The second-order valence-electron chi connectivity index (χ2n) is 4.87. The fourth-order valence-electron chi connectivity index (χ4n) is 2.58. The van der Waals surface area contributed by atoms with Gasteiger partial charge < -0.3 is 5.32 Å².